The molecule has 1 aromatic heterocycles. The average molecular weight is 522 g/mol. The molecule has 0 saturated carbocycles. The number of halogens is 1. The van der Waals surface area contributed by atoms with Crippen molar-refractivity contribution in [1.29, 1.82) is 0 Å². The molecule has 1 unspecified atom stereocenters. The standard InChI is InChI=1S/C22H30N6O.HI/c1-3-24-22(26-13-12-25-21(29)18-5-4-11-23-15-18)27-19-10-14-28(16-19)20-8-6-17(2)7-9-20;/h4-9,11,15,19H,3,10,12-14,16H2,1-2H3,(H,25,29)(H2,24,26,27);1H. The van der Waals surface area contributed by atoms with E-state index in [-0.39, 0.29) is 29.9 Å². The Morgan fingerprint density at radius 1 is 1.23 bits per heavy atom. The summed E-state index contributed by atoms with van der Waals surface area (Å²) in [6.07, 6.45) is 4.28. The molecular formula is C22H31IN6O. The molecule has 1 aliphatic heterocycles. The molecule has 30 heavy (non-hydrogen) atoms. The molecule has 162 valence electrons. The Hall–Kier alpha value is -2.36. The molecule has 1 atom stereocenters. The zero-order valence-corrected chi connectivity index (χ0v) is 19.9. The number of nitrogens with zero attached hydrogens (tertiary/aromatic N) is 3. The second kappa shape index (κ2) is 12.4. The molecule has 0 aliphatic carbocycles. The molecule has 1 aliphatic rings. The molecule has 8 heteroatoms. The lowest BCUT2D eigenvalue weighted by molar-refractivity contribution is 0.0954. The van der Waals surface area contributed by atoms with Gasteiger partial charge < -0.3 is 20.9 Å². The van der Waals surface area contributed by atoms with Crippen molar-refractivity contribution >= 4 is 41.5 Å². The summed E-state index contributed by atoms with van der Waals surface area (Å²) in [6, 6.07) is 12.5. The predicted octanol–water partition coefficient (Wildman–Crippen LogP) is 2.57. The first-order valence-corrected chi connectivity index (χ1v) is 10.2. The lowest BCUT2D eigenvalue weighted by Gasteiger charge is -2.20. The van der Waals surface area contributed by atoms with Crippen LogP contribution in [0.3, 0.4) is 0 Å². The van der Waals surface area contributed by atoms with Crippen molar-refractivity contribution in [2.75, 3.05) is 37.6 Å². The monoisotopic (exact) mass is 522 g/mol. The summed E-state index contributed by atoms with van der Waals surface area (Å²) >= 11 is 0. The molecule has 0 bridgehead atoms. The molecule has 1 fully saturated rings. The molecule has 7 nitrogen and oxygen atoms in total. The van der Waals surface area contributed by atoms with Crippen LogP contribution in [-0.4, -0.2) is 55.6 Å². The first-order valence-electron chi connectivity index (χ1n) is 10.2. The van der Waals surface area contributed by atoms with Crippen LogP contribution in [0, 0.1) is 6.92 Å². The molecule has 1 aromatic carbocycles. The molecule has 2 aromatic rings. The Morgan fingerprint density at radius 3 is 2.73 bits per heavy atom. The number of anilines is 1. The number of aromatic nitrogens is 1. The number of aliphatic imine (C=N–C) groups is 1. The lowest BCUT2D eigenvalue weighted by atomic mass is 10.2. The van der Waals surface area contributed by atoms with Gasteiger partial charge >= 0.3 is 0 Å². The second-order valence-electron chi connectivity index (χ2n) is 7.17. The summed E-state index contributed by atoms with van der Waals surface area (Å²) in [4.78, 5) is 23.0. The van der Waals surface area contributed by atoms with Crippen LogP contribution in [0.5, 0.6) is 0 Å². The van der Waals surface area contributed by atoms with E-state index in [1.807, 2.05) is 0 Å². The van der Waals surface area contributed by atoms with Crippen LogP contribution in [0.2, 0.25) is 0 Å². The van der Waals surface area contributed by atoms with E-state index in [2.05, 4.69) is 68.9 Å². The van der Waals surface area contributed by atoms with Gasteiger partial charge in [0, 0.05) is 50.3 Å². The third-order valence-corrected chi connectivity index (χ3v) is 4.86. The zero-order chi connectivity index (χ0) is 20.5. The fraction of sp³-hybridized carbons (Fsp3) is 0.409. The van der Waals surface area contributed by atoms with Gasteiger partial charge in [-0.25, -0.2) is 0 Å². The third-order valence-electron chi connectivity index (χ3n) is 4.86. The molecule has 3 rings (SSSR count). The van der Waals surface area contributed by atoms with Gasteiger partial charge in [-0.3, -0.25) is 14.8 Å². The van der Waals surface area contributed by atoms with Crippen LogP contribution >= 0.6 is 24.0 Å². The molecule has 2 heterocycles. The highest BCUT2D eigenvalue weighted by Gasteiger charge is 2.23. The van der Waals surface area contributed by atoms with Gasteiger partial charge in [0.2, 0.25) is 0 Å². The molecular weight excluding hydrogens is 491 g/mol. The Balaban J connectivity index is 0.00000320. The second-order valence-corrected chi connectivity index (χ2v) is 7.17. The van der Waals surface area contributed by atoms with Crippen molar-refractivity contribution in [2.45, 2.75) is 26.3 Å². The zero-order valence-electron chi connectivity index (χ0n) is 17.6. The van der Waals surface area contributed by atoms with Gasteiger partial charge in [-0.05, 0) is 44.5 Å². The molecule has 1 amide bonds. The smallest absolute Gasteiger partial charge is 0.252 e. The Morgan fingerprint density at radius 2 is 2.03 bits per heavy atom. The minimum absolute atomic E-state index is 0. The van der Waals surface area contributed by atoms with Gasteiger partial charge in [-0.1, -0.05) is 17.7 Å². The van der Waals surface area contributed by atoms with E-state index in [0.717, 1.165) is 32.0 Å². The van der Waals surface area contributed by atoms with Crippen LogP contribution < -0.4 is 20.9 Å². The van der Waals surface area contributed by atoms with Gasteiger partial charge in [-0.2, -0.15) is 0 Å². The van der Waals surface area contributed by atoms with Crippen LogP contribution in [0.15, 0.2) is 53.8 Å². The first-order chi connectivity index (χ1) is 14.2. The fourth-order valence-corrected chi connectivity index (χ4v) is 3.32. The van der Waals surface area contributed by atoms with E-state index in [1.54, 1.807) is 24.5 Å². The molecule has 1 saturated heterocycles. The summed E-state index contributed by atoms with van der Waals surface area (Å²) in [6.45, 7) is 7.92. The Bertz CT molecular complexity index is 812. The maximum absolute atomic E-state index is 12.0. The first kappa shape index (κ1) is 23.9. The Kier molecular flexibility index (Phi) is 9.85. The van der Waals surface area contributed by atoms with Crippen LogP contribution in [0.25, 0.3) is 0 Å². The number of aryl methyl sites for hydroxylation is 1. The SMILES string of the molecule is CCNC(=NCCNC(=O)c1cccnc1)NC1CCN(c2ccc(C)cc2)C1.I. The molecule has 3 N–H and O–H groups in total. The number of hydrogen-bond acceptors (Lipinski definition) is 4. The van der Waals surface area contributed by atoms with Gasteiger partial charge in [0.1, 0.15) is 0 Å². The average Bonchev–Trinajstić information content (AvgIpc) is 3.20. The van der Waals surface area contributed by atoms with Crippen molar-refractivity contribution in [3.05, 3.63) is 59.9 Å². The number of guanidine groups is 1. The number of rotatable bonds is 7. The highest BCUT2D eigenvalue weighted by atomic mass is 127. The van der Waals surface area contributed by atoms with Gasteiger partial charge in [0.15, 0.2) is 5.96 Å². The van der Waals surface area contributed by atoms with Gasteiger partial charge in [0.05, 0.1) is 12.1 Å². The summed E-state index contributed by atoms with van der Waals surface area (Å²) in [5, 5.41) is 9.68. The van der Waals surface area contributed by atoms with Crippen molar-refractivity contribution in [3.8, 4) is 0 Å². The van der Waals surface area contributed by atoms with Crippen LogP contribution in [0.4, 0.5) is 5.69 Å². The summed E-state index contributed by atoms with van der Waals surface area (Å²) in [7, 11) is 0. The quantitative estimate of drug-likeness (QED) is 0.226. The third kappa shape index (κ3) is 7.16. The topological polar surface area (TPSA) is 81.6 Å². The van der Waals surface area contributed by atoms with E-state index in [9.17, 15) is 4.79 Å². The summed E-state index contributed by atoms with van der Waals surface area (Å²) in [5.41, 5.74) is 3.10. The number of carbonyl (C=O) groups is 1. The van der Waals surface area contributed by atoms with Gasteiger partial charge in [0.25, 0.3) is 5.91 Å². The van der Waals surface area contributed by atoms with E-state index in [4.69, 9.17) is 0 Å². The van der Waals surface area contributed by atoms with E-state index in [0.29, 0.717) is 24.7 Å². The number of pyridine rings is 1. The number of nitrogens with one attached hydrogen (secondary N) is 3. The lowest BCUT2D eigenvalue weighted by Crippen LogP contribution is -2.45. The Labute approximate surface area is 195 Å². The van der Waals surface area contributed by atoms with Gasteiger partial charge in [-0.15, -0.1) is 24.0 Å². The maximum atomic E-state index is 12.0. The highest BCUT2D eigenvalue weighted by molar-refractivity contribution is 14.0. The highest BCUT2D eigenvalue weighted by Crippen LogP contribution is 2.20. The minimum atomic E-state index is -0.129. The largest absolute Gasteiger partial charge is 0.369 e. The normalized spacial score (nSPS) is 16.0. The molecule has 0 spiro atoms. The van der Waals surface area contributed by atoms with E-state index >= 15 is 0 Å². The van der Waals surface area contributed by atoms with Crippen molar-refractivity contribution in [1.82, 2.24) is 20.9 Å². The van der Waals surface area contributed by atoms with Crippen LogP contribution in [0.1, 0.15) is 29.3 Å². The fourth-order valence-electron chi connectivity index (χ4n) is 3.32. The van der Waals surface area contributed by atoms with Crippen molar-refractivity contribution in [3.63, 3.8) is 0 Å². The van der Waals surface area contributed by atoms with Crippen molar-refractivity contribution < 1.29 is 4.79 Å². The van der Waals surface area contributed by atoms with Crippen molar-refractivity contribution in [2.24, 2.45) is 4.99 Å². The number of hydrogen-bond donors (Lipinski definition) is 3. The predicted molar refractivity (Wildman–Crippen MR) is 133 cm³/mol. The maximum Gasteiger partial charge on any atom is 0.252 e. The number of carbonyl (C=O) groups excluding carboxylic acids is 1. The summed E-state index contributed by atoms with van der Waals surface area (Å²) < 4.78 is 0. The van der Waals surface area contributed by atoms with E-state index < -0.39 is 0 Å². The van der Waals surface area contributed by atoms with E-state index in [1.165, 1.54) is 11.3 Å². The van der Waals surface area contributed by atoms with Crippen LogP contribution in [-0.2, 0) is 0 Å². The number of amides is 1. The summed E-state index contributed by atoms with van der Waals surface area (Å²) in [5.74, 6) is 0.662. The number of benzene rings is 1. The minimum Gasteiger partial charge on any atom is -0.369 e. The molecule has 0 radical (unpaired) electrons.